The van der Waals surface area contributed by atoms with Gasteiger partial charge in [0.1, 0.15) is 5.82 Å². The molecule has 0 radical (unpaired) electrons. The van der Waals surface area contributed by atoms with Crippen molar-refractivity contribution < 1.29 is 0 Å². The number of rotatable bonds is 7. The van der Waals surface area contributed by atoms with Crippen molar-refractivity contribution in [1.82, 2.24) is 19.5 Å². The number of benzene rings is 2. The summed E-state index contributed by atoms with van der Waals surface area (Å²) in [5, 5.41) is 8.16. The van der Waals surface area contributed by atoms with Crippen LogP contribution in [-0.4, -0.2) is 32.6 Å². The molecule has 4 aromatic rings. The summed E-state index contributed by atoms with van der Waals surface area (Å²) in [6.45, 7) is 24.2. The quantitative estimate of drug-likeness (QED) is 0.257. The Morgan fingerprint density at radius 1 is 0.950 bits per heavy atom. The van der Waals surface area contributed by atoms with Gasteiger partial charge in [-0.3, -0.25) is 0 Å². The minimum atomic E-state index is 0.805. The van der Waals surface area contributed by atoms with Gasteiger partial charge in [0, 0.05) is 42.2 Å². The predicted molar refractivity (Wildman–Crippen MR) is 173 cm³/mol. The average molecular weight is 534 g/mol. The number of aryl methyl sites for hydroxylation is 1. The van der Waals surface area contributed by atoms with Gasteiger partial charge in [0.05, 0.1) is 11.4 Å². The molecule has 0 fully saturated rings. The third kappa shape index (κ3) is 7.17. The lowest BCUT2D eigenvalue weighted by Gasteiger charge is -2.32. The summed E-state index contributed by atoms with van der Waals surface area (Å²) in [6.07, 6.45) is 6.08. The summed E-state index contributed by atoms with van der Waals surface area (Å²) >= 11 is 0. The number of fused-ring (bicyclic) bond motifs is 1. The molecule has 2 aromatic heterocycles. The molecule has 0 aliphatic carbocycles. The summed E-state index contributed by atoms with van der Waals surface area (Å²) in [6, 6.07) is 22.6. The molecule has 5 rings (SSSR count). The zero-order chi connectivity index (χ0) is 29.1. The first kappa shape index (κ1) is 30.2. The number of allylic oxidation sites excluding steroid dienone is 1. The zero-order valence-corrected chi connectivity index (χ0v) is 24.7. The van der Waals surface area contributed by atoms with Crippen molar-refractivity contribution in [3.63, 3.8) is 0 Å². The maximum absolute atomic E-state index is 4.81. The molecule has 0 bridgehead atoms. The van der Waals surface area contributed by atoms with Gasteiger partial charge in [0.15, 0.2) is 5.65 Å². The van der Waals surface area contributed by atoms with E-state index in [2.05, 4.69) is 85.3 Å². The molecule has 1 aliphatic heterocycles. The number of anilines is 2. The highest BCUT2D eigenvalue weighted by Gasteiger charge is 2.18. The van der Waals surface area contributed by atoms with Crippen LogP contribution in [0.1, 0.15) is 51.8 Å². The van der Waals surface area contributed by atoms with Gasteiger partial charge in [-0.25, -0.2) is 4.98 Å². The first-order valence-electron chi connectivity index (χ1n) is 14.2. The second kappa shape index (κ2) is 14.7. The molecule has 5 nitrogen and oxygen atoms in total. The van der Waals surface area contributed by atoms with Crippen molar-refractivity contribution in [3.8, 4) is 11.3 Å². The van der Waals surface area contributed by atoms with E-state index in [1.54, 1.807) is 0 Å². The largest absolute Gasteiger partial charge is 0.367 e. The van der Waals surface area contributed by atoms with Crippen LogP contribution in [0.5, 0.6) is 0 Å². The van der Waals surface area contributed by atoms with E-state index in [0.29, 0.717) is 0 Å². The fourth-order valence-electron chi connectivity index (χ4n) is 4.47. The Morgan fingerprint density at radius 3 is 2.23 bits per heavy atom. The molecule has 1 N–H and O–H groups in total. The van der Waals surface area contributed by atoms with Crippen molar-refractivity contribution in [2.45, 2.75) is 47.5 Å². The molecule has 2 aromatic carbocycles. The Hall–Kier alpha value is -4.38. The summed E-state index contributed by atoms with van der Waals surface area (Å²) in [5.41, 5.74) is 9.28. The molecule has 0 amide bonds. The van der Waals surface area contributed by atoms with Crippen molar-refractivity contribution in [2.24, 2.45) is 0 Å². The van der Waals surface area contributed by atoms with Crippen LogP contribution in [0.4, 0.5) is 11.5 Å². The smallest absolute Gasteiger partial charge is 0.158 e. The molecule has 0 saturated heterocycles. The number of nitrogens with one attached hydrogen (secondary N) is 1. The Balaban J connectivity index is 0.000000827. The van der Waals surface area contributed by atoms with Gasteiger partial charge in [-0.05, 0) is 42.2 Å². The van der Waals surface area contributed by atoms with Crippen LogP contribution >= 0.6 is 0 Å². The van der Waals surface area contributed by atoms with Gasteiger partial charge in [0.2, 0.25) is 0 Å². The van der Waals surface area contributed by atoms with E-state index in [1.807, 2.05) is 67.8 Å². The molecular weight excluding hydrogens is 490 g/mol. The summed E-state index contributed by atoms with van der Waals surface area (Å²) in [7, 11) is 0. The van der Waals surface area contributed by atoms with E-state index in [0.717, 1.165) is 64.9 Å². The van der Waals surface area contributed by atoms with E-state index in [4.69, 9.17) is 4.98 Å². The normalized spacial score (nSPS) is 12.6. The van der Waals surface area contributed by atoms with Crippen molar-refractivity contribution >= 4 is 22.8 Å². The minimum absolute atomic E-state index is 0.805. The van der Waals surface area contributed by atoms with Gasteiger partial charge >= 0.3 is 0 Å². The van der Waals surface area contributed by atoms with Crippen LogP contribution in [-0.2, 0) is 0 Å². The minimum Gasteiger partial charge on any atom is -0.367 e. The molecule has 0 unspecified atom stereocenters. The summed E-state index contributed by atoms with van der Waals surface area (Å²) in [5.74, 6) is 0.863. The Kier molecular flexibility index (Phi) is 11.1. The molecule has 0 atom stereocenters. The van der Waals surface area contributed by atoms with Gasteiger partial charge in [0.25, 0.3) is 0 Å². The predicted octanol–water partition coefficient (Wildman–Crippen LogP) is 9.24. The number of nitrogens with zero attached hydrogens (tertiary/aromatic N) is 4. The standard InChI is InChI=1S/C30H29N5.C3H8.C2H6/c1-5-23-16-17-34(20-24(23)6-2)22(4)25-12-14-27(15-13-25)31-30-19-28(26-10-8-7-9-11-26)32-29-18-21(3)33-35(29)30;1-3-2;1-2/h5-15,18-19,31H,1-2,4,16-17,20H2,3H3;3H2,1-2H3;1-2H3. The van der Waals surface area contributed by atoms with E-state index >= 15 is 0 Å². The Morgan fingerprint density at radius 2 is 1.60 bits per heavy atom. The topological polar surface area (TPSA) is 45.5 Å². The van der Waals surface area contributed by atoms with Crippen LogP contribution < -0.4 is 5.32 Å². The van der Waals surface area contributed by atoms with Crippen LogP contribution in [0.15, 0.2) is 110 Å². The number of hydrogen-bond donors (Lipinski definition) is 1. The lowest BCUT2D eigenvalue weighted by molar-refractivity contribution is 0.418. The van der Waals surface area contributed by atoms with Crippen LogP contribution in [0, 0.1) is 6.92 Å². The maximum atomic E-state index is 4.81. The van der Waals surface area contributed by atoms with Crippen LogP contribution in [0.2, 0.25) is 0 Å². The average Bonchev–Trinajstić information content (AvgIpc) is 3.39. The third-order valence-electron chi connectivity index (χ3n) is 6.41. The summed E-state index contributed by atoms with van der Waals surface area (Å²) < 4.78 is 1.85. The molecule has 5 heteroatoms. The zero-order valence-electron chi connectivity index (χ0n) is 24.7. The first-order valence-corrected chi connectivity index (χ1v) is 14.2. The lowest BCUT2D eigenvalue weighted by Crippen LogP contribution is -2.29. The molecule has 208 valence electrons. The van der Waals surface area contributed by atoms with Crippen molar-refractivity contribution in [3.05, 3.63) is 121 Å². The maximum Gasteiger partial charge on any atom is 0.158 e. The molecule has 0 saturated carbocycles. The van der Waals surface area contributed by atoms with Crippen LogP contribution in [0.25, 0.3) is 22.6 Å². The lowest BCUT2D eigenvalue weighted by atomic mass is 9.98. The monoisotopic (exact) mass is 533 g/mol. The van der Waals surface area contributed by atoms with Crippen molar-refractivity contribution in [2.75, 3.05) is 18.4 Å². The van der Waals surface area contributed by atoms with Gasteiger partial charge in [-0.15, -0.1) is 0 Å². The van der Waals surface area contributed by atoms with Gasteiger partial charge in [-0.1, -0.05) is 108 Å². The second-order valence-corrected chi connectivity index (χ2v) is 9.43. The van der Waals surface area contributed by atoms with E-state index in [9.17, 15) is 0 Å². The Bertz CT molecular complexity index is 1460. The SMILES string of the molecule is C=CC1=C(C=C)CN(C(=C)c2ccc(Nc3cc(-c4ccccc4)nc4cc(C)nn34)cc2)CC1.CC.CCC. The van der Waals surface area contributed by atoms with E-state index < -0.39 is 0 Å². The highest BCUT2D eigenvalue weighted by atomic mass is 15.3. The molecule has 0 spiro atoms. The first-order chi connectivity index (χ1) is 19.5. The molecule has 1 aliphatic rings. The third-order valence-corrected chi connectivity index (χ3v) is 6.41. The molecular formula is C35H43N5. The number of hydrogen-bond acceptors (Lipinski definition) is 4. The van der Waals surface area contributed by atoms with E-state index in [1.165, 1.54) is 17.6 Å². The van der Waals surface area contributed by atoms with Crippen molar-refractivity contribution in [1.29, 1.82) is 0 Å². The van der Waals surface area contributed by atoms with Gasteiger partial charge < -0.3 is 10.2 Å². The fraction of sp³-hybridized carbons (Fsp3) is 0.257. The summed E-state index contributed by atoms with van der Waals surface area (Å²) in [4.78, 5) is 7.11. The second-order valence-electron chi connectivity index (χ2n) is 9.43. The number of aromatic nitrogens is 3. The highest BCUT2D eigenvalue weighted by molar-refractivity contribution is 5.71. The Labute approximate surface area is 240 Å². The highest BCUT2D eigenvalue weighted by Crippen LogP contribution is 2.29. The van der Waals surface area contributed by atoms with Crippen LogP contribution in [0.3, 0.4) is 0 Å². The molecule has 40 heavy (non-hydrogen) atoms. The van der Waals surface area contributed by atoms with Gasteiger partial charge in [-0.2, -0.15) is 9.61 Å². The van der Waals surface area contributed by atoms with E-state index in [-0.39, 0.29) is 0 Å². The molecule has 3 heterocycles. The fourth-order valence-corrected chi connectivity index (χ4v) is 4.47.